The van der Waals surface area contributed by atoms with Crippen molar-refractivity contribution in [2.75, 3.05) is 5.73 Å². The van der Waals surface area contributed by atoms with Crippen LogP contribution in [0.2, 0.25) is 0 Å². The van der Waals surface area contributed by atoms with Crippen molar-refractivity contribution in [1.29, 1.82) is 5.26 Å². The monoisotopic (exact) mass is 250 g/mol. The number of nitrogen functional groups attached to an aromatic ring is 1. The van der Waals surface area contributed by atoms with Gasteiger partial charge in [-0.2, -0.15) is 5.26 Å². The molecule has 0 amide bonds. The molecule has 0 aliphatic heterocycles. The Balaban J connectivity index is 2.62. The van der Waals surface area contributed by atoms with Gasteiger partial charge in [0, 0.05) is 11.1 Å². The predicted octanol–water partition coefficient (Wildman–Crippen LogP) is 2.99. The third-order valence-electron chi connectivity index (χ3n) is 3.28. The van der Waals surface area contributed by atoms with Crippen LogP contribution in [-0.4, -0.2) is 5.78 Å². The summed E-state index contributed by atoms with van der Waals surface area (Å²) in [5.41, 5.74) is 9.29. The molecule has 0 aromatic heterocycles. The number of benzene rings is 2. The topological polar surface area (TPSA) is 66.9 Å². The largest absolute Gasteiger partial charge is 0.397 e. The Kier molecular flexibility index (Phi) is 3.35. The van der Waals surface area contributed by atoms with Gasteiger partial charge in [0.05, 0.1) is 11.3 Å². The number of carbonyl (C=O) groups excluding carboxylic acids is 1. The summed E-state index contributed by atoms with van der Waals surface area (Å²) in [5, 5.41) is 9.16. The fraction of sp³-hybridized carbons (Fsp3) is 0.125. The number of hydrogen-bond acceptors (Lipinski definition) is 3. The van der Waals surface area contributed by atoms with Gasteiger partial charge >= 0.3 is 0 Å². The first-order valence-electron chi connectivity index (χ1n) is 5.95. The van der Waals surface area contributed by atoms with Gasteiger partial charge in [-0.15, -0.1) is 0 Å². The molecule has 2 aromatic carbocycles. The van der Waals surface area contributed by atoms with Crippen LogP contribution >= 0.6 is 0 Å². The normalized spacial score (nSPS) is 9.95. The van der Waals surface area contributed by atoms with Crippen LogP contribution in [0, 0.1) is 25.2 Å². The van der Waals surface area contributed by atoms with Gasteiger partial charge in [0.1, 0.15) is 6.07 Å². The van der Waals surface area contributed by atoms with Crippen molar-refractivity contribution in [2.45, 2.75) is 13.8 Å². The number of nitrogens with two attached hydrogens (primary N) is 1. The average Bonchev–Trinajstić information content (AvgIpc) is 2.44. The van der Waals surface area contributed by atoms with Gasteiger partial charge in [-0.1, -0.05) is 30.3 Å². The van der Waals surface area contributed by atoms with Gasteiger partial charge in [0.2, 0.25) is 0 Å². The van der Waals surface area contributed by atoms with E-state index in [1.165, 1.54) is 0 Å². The highest BCUT2D eigenvalue weighted by atomic mass is 16.1. The van der Waals surface area contributed by atoms with E-state index in [0.717, 1.165) is 11.1 Å². The van der Waals surface area contributed by atoms with Crippen LogP contribution in [0.1, 0.15) is 32.6 Å². The van der Waals surface area contributed by atoms with Crippen molar-refractivity contribution in [1.82, 2.24) is 0 Å². The zero-order chi connectivity index (χ0) is 14.0. The maximum absolute atomic E-state index is 12.4. The molecule has 2 rings (SSSR count). The van der Waals surface area contributed by atoms with Gasteiger partial charge in [0.15, 0.2) is 5.78 Å². The standard InChI is InChI=1S/C16H14N2O/c1-10-8-13(15(18)14(9-17)11(10)2)16(19)12-6-4-3-5-7-12/h3-8H,18H2,1-2H3. The Bertz CT molecular complexity index is 682. The summed E-state index contributed by atoms with van der Waals surface area (Å²) in [6.07, 6.45) is 0. The minimum Gasteiger partial charge on any atom is -0.397 e. The zero-order valence-electron chi connectivity index (χ0n) is 10.9. The molecule has 3 heteroatoms. The lowest BCUT2D eigenvalue weighted by Crippen LogP contribution is -2.09. The van der Waals surface area contributed by atoms with E-state index < -0.39 is 0 Å². The molecule has 0 saturated heterocycles. The molecule has 2 aromatic rings. The first-order chi connectivity index (χ1) is 9.06. The minimum absolute atomic E-state index is 0.155. The molecule has 0 aliphatic rings. The second kappa shape index (κ2) is 4.95. The Morgan fingerprint density at radius 2 is 1.84 bits per heavy atom. The van der Waals surface area contributed by atoms with E-state index in [1.54, 1.807) is 30.3 Å². The van der Waals surface area contributed by atoms with Crippen molar-refractivity contribution in [3.8, 4) is 6.07 Å². The fourth-order valence-electron chi connectivity index (χ4n) is 2.01. The number of ketones is 1. The molecule has 0 atom stereocenters. The van der Waals surface area contributed by atoms with Crippen LogP contribution in [0.3, 0.4) is 0 Å². The summed E-state index contributed by atoms with van der Waals surface area (Å²) in [4.78, 5) is 12.4. The molecule has 0 unspecified atom stereocenters. The molecule has 0 aliphatic carbocycles. The molecule has 0 bridgehead atoms. The Hall–Kier alpha value is -2.60. The average molecular weight is 250 g/mol. The van der Waals surface area contributed by atoms with Gasteiger partial charge in [-0.3, -0.25) is 4.79 Å². The van der Waals surface area contributed by atoms with Gasteiger partial charge in [-0.25, -0.2) is 0 Å². The highest BCUT2D eigenvalue weighted by Gasteiger charge is 2.17. The number of carbonyl (C=O) groups is 1. The quantitative estimate of drug-likeness (QED) is 0.658. The third-order valence-corrected chi connectivity index (χ3v) is 3.28. The summed E-state index contributed by atoms with van der Waals surface area (Å²) in [6, 6.07) is 12.8. The SMILES string of the molecule is Cc1cc(C(=O)c2ccccc2)c(N)c(C#N)c1C. The number of hydrogen-bond donors (Lipinski definition) is 1. The zero-order valence-corrected chi connectivity index (χ0v) is 10.9. The number of aryl methyl sites for hydroxylation is 1. The van der Waals surface area contributed by atoms with E-state index in [1.807, 2.05) is 19.9 Å². The Morgan fingerprint density at radius 3 is 2.42 bits per heavy atom. The van der Waals surface area contributed by atoms with Crippen molar-refractivity contribution in [2.24, 2.45) is 0 Å². The van der Waals surface area contributed by atoms with E-state index in [0.29, 0.717) is 16.7 Å². The molecule has 0 fully saturated rings. The Morgan fingerprint density at radius 1 is 1.21 bits per heavy atom. The van der Waals surface area contributed by atoms with Gasteiger partial charge in [-0.05, 0) is 31.0 Å². The lowest BCUT2D eigenvalue weighted by atomic mass is 9.93. The second-order valence-corrected chi connectivity index (χ2v) is 4.46. The lowest BCUT2D eigenvalue weighted by Gasteiger charge is -2.11. The summed E-state index contributed by atoms with van der Waals surface area (Å²) in [5.74, 6) is -0.155. The number of rotatable bonds is 2. The highest BCUT2D eigenvalue weighted by molar-refractivity contribution is 6.12. The van der Waals surface area contributed by atoms with Crippen molar-refractivity contribution < 1.29 is 4.79 Å². The maximum atomic E-state index is 12.4. The van der Waals surface area contributed by atoms with E-state index in [9.17, 15) is 4.79 Å². The third kappa shape index (κ3) is 2.21. The molecule has 3 nitrogen and oxygen atoms in total. The van der Waals surface area contributed by atoms with E-state index in [2.05, 4.69) is 6.07 Å². The van der Waals surface area contributed by atoms with E-state index in [4.69, 9.17) is 11.0 Å². The van der Waals surface area contributed by atoms with Crippen LogP contribution in [0.25, 0.3) is 0 Å². The van der Waals surface area contributed by atoms with E-state index in [-0.39, 0.29) is 11.5 Å². The first-order valence-corrected chi connectivity index (χ1v) is 5.95. The highest BCUT2D eigenvalue weighted by Crippen LogP contribution is 2.26. The summed E-state index contributed by atoms with van der Waals surface area (Å²) >= 11 is 0. The van der Waals surface area contributed by atoms with Crippen LogP contribution in [0.5, 0.6) is 0 Å². The summed E-state index contributed by atoms with van der Waals surface area (Å²) in [7, 11) is 0. The van der Waals surface area contributed by atoms with Gasteiger partial charge < -0.3 is 5.73 Å². The molecule has 0 saturated carbocycles. The van der Waals surface area contributed by atoms with Crippen LogP contribution < -0.4 is 5.73 Å². The molecular weight excluding hydrogens is 236 g/mol. The fourth-order valence-corrected chi connectivity index (χ4v) is 2.01. The number of nitriles is 1. The smallest absolute Gasteiger partial charge is 0.195 e. The molecule has 19 heavy (non-hydrogen) atoms. The van der Waals surface area contributed by atoms with Crippen molar-refractivity contribution in [3.05, 3.63) is 64.2 Å². The molecular formula is C16H14N2O. The molecule has 0 spiro atoms. The molecule has 0 radical (unpaired) electrons. The Labute approximate surface area is 112 Å². The molecule has 0 heterocycles. The number of anilines is 1. The summed E-state index contributed by atoms with van der Waals surface area (Å²) in [6.45, 7) is 3.71. The first kappa shape index (κ1) is 12.8. The molecule has 2 N–H and O–H groups in total. The van der Waals surface area contributed by atoms with Crippen LogP contribution in [0.4, 0.5) is 5.69 Å². The van der Waals surface area contributed by atoms with Gasteiger partial charge in [0.25, 0.3) is 0 Å². The second-order valence-electron chi connectivity index (χ2n) is 4.46. The maximum Gasteiger partial charge on any atom is 0.195 e. The molecule has 94 valence electrons. The minimum atomic E-state index is -0.155. The van der Waals surface area contributed by atoms with Crippen LogP contribution in [0.15, 0.2) is 36.4 Å². The number of nitrogens with zero attached hydrogens (tertiary/aromatic N) is 1. The lowest BCUT2D eigenvalue weighted by molar-refractivity contribution is 0.103. The predicted molar refractivity (Wildman–Crippen MR) is 74.9 cm³/mol. The van der Waals surface area contributed by atoms with Crippen LogP contribution in [-0.2, 0) is 0 Å². The van der Waals surface area contributed by atoms with Crippen molar-refractivity contribution in [3.63, 3.8) is 0 Å². The summed E-state index contributed by atoms with van der Waals surface area (Å²) < 4.78 is 0. The van der Waals surface area contributed by atoms with E-state index >= 15 is 0 Å². The van der Waals surface area contributed by atoms with Crippen molar-refractivity contribution >= 4 is 11.5 Å².